The van der Waals surface area contributed by atoms with Gasteiger partial charge in [-0.15, -0.1) is 36.2 Å². The van der Waals surface area contributed by atoms with Crippen molar-refractivity contribution in [2.45, 2.75) is 18.9 Å². The minimum Gasteiger partial charge on any atom is -0.347 e. The molecule has 1 amide bonds. The Morgan fingerprint density at radius 2 is 2.24 bits per heavy atom. The van der Waals surface area contributed by atoms with Gasteiger partial charge in [0.05, 0.1) is 0 Å². The normalized spacial score (nSPS) is 17.4. The van der Waals surface area contributed by atoms with E-state index in [1.54, 1.807) is 11.3 Å². The highest BCUT2D eigenvalue weighted by atomic mass is 35.5. The highest BCUT2D eigenvalue weighted by Crippen LogP contribution is 2.25. The number of rotatable bonds is 3. The number of amides is 1. The van der Waals surface area contributed by atoms with Crippen LogP contribution in [0.4, 0.5) is 0 Å². The molecule has 1 aliphatic heterocycles. The molecule has 1 aliphatic rings. The van der Waals surface area contributed by atoms with Crippen LogP contribution in [0.25, 0.3) is 10.6 Å². The maximum atomic E-state index is 12.1. The number of nitrogens with one attached hydrogen (secondary N) is 2. The van der Waals surface area contributed by atoms with Gasteiger partial charge in [0.25, 0.3) is 5.91 Å². The largest absolute Gasteiger partial charge is 0.347 e. The van der Waals surface area contributed by atoms with Crippen LogP contribution in [0.2, 0.25) is 0 Å². The number of aromatic nitrogens is 1. The molecule has 2 N–H and O–H groups in total. The molecule has 1 fully saturated rings. The molecule has 2 aromatic rings. The summed E-state index contributed by atoms with van der Waals surface area (Å²) in [6, 6.07) is 2.25. The summed E-state index contributed by atoms with van der Waals surface area (Å²) in [4.78, 5) is 16.5. The lowest BCUT2D eigenvalue weighted by Gasteiger charge is -2.23. The molecule has 0 aromatic carbocycles. The van der Waals surface area contributed by atoms with E-state index < -0.39 is 0 Å². The van der Waals surface area contributed by atoms with Crippen LogP contribution in [0.15, 0.2) is 22.2 Å². The Morgan fingerprint density at radius 3 is 2.90 bits per heavy atom. The first kappa shape index (κ1) is 18.4. The van der Waals surface area contributed by atoms with E-state index in [1.807, 2.05) is 22.2 Å². The summed E-state index contributed by atoms with van der Waals surface area (Å²) in [5, 5.41) is 13.1. The molecule has 21 heavy (non-hydrogen) atoms. The molecule has 0 bridgehead atoms. The monoisotopic (exact) mass is 365 g/mol. The molecule has 8 heteroatoms. The highest BCUT2D eigenvalue weighted by molar-refractivity contribution is 7.14. The summed E-state index contributed by atoms with van der Waals surface area (Å²) in [5.74, 6) is -0.0635. The van der Waals surface area contributed by atoms with Crippen molar-refractivity contribution in [3.05, 3.63) is 27.9 Å². The molecule has 0 spiro atoms. The number of carbonyl (C=O) groups is 1. The van der Waals surface area contributed by atoms with Crippen molar-refractivity contribution < 1.29 is 4.79 Å². The van der Waals surface area contributed by atoms with E-state index in [0.717, 1.165) is 36.5 Å². The minimum absolute atomic E-state index is 0. The second kappa shape index (κ2) is 8.70. The molecule has 0 radical (unpaired) electrons. The Morgan fingerprint density at radius 1 is 1.38 bits per heavy atom. The molecule has 116 valence electrons. The van der Waals surface area contributed by atoms with Gasteiger partial charge in [-0.05, 0) is 30.8 Å². The highest BCUT2D eigenvalue weighted by Gasteiger charge is 2.18. The fraction of sp³-hybridized carbons (Fsp3) is 0.385. The number of nitrogens with zero attached hydrogens (tertiary/aromatic N) is 1. The summed E-state index contributed by atoms with van der Waals surface area (Å²) in [6.07, 6.45) is 2.16. The van der Waals surface area contributed by atoms with Crippen molar-refractivity contribution >= 4 is 53.4 Å². The lowest BCUT2D eigenvalue weighted by molar-refractivity contribution is 0.0926. The third-order valence-corrected chi connectivity index (χ3v) is 4.71. The smallest absolute Gasteiger partial charge is 0.271 e. The number of hydrogen-bond acceptors (Lipinski definition) is 5. The maximum absolute atomic E-state index is 12.1. The average molecular weight is 366 g/mol. The predicted molar refractivity (Wildman–Crippen MR) is 93.3 cm³/mol. The van der Waals surface area contributed by atoms with Crippen LogP contribution in [-0.2, 0) is 0 Å². The SMILES string of the molecule is Cl.Cl.O=C(NC1CCCNC1)c1csc(-c2ccsc2)n1. The fourth-order valence-electron chi connectivity index (χ4n) is 2.13. The van der Waals surface area contributed by atoms with E-state index in [0.29, 0.717) is 5.69 Å². The maximum Gasteiger partial charge on any atom is 0.271 e. The van der Waals surface area contributed by atoms with Crippen molar-refractivity contribution in [3.63, 3.8) is 0 Å². The van der Waals surface area contributed by atoms with Gasteiger partial charge in [0, 0.05) is 28.9 Å². The van der Waals surface area contributed by atoms with Crippen LogP contribution >= 0.6 is 47.5 Å². The van der Waals surface area contributed by atoms with Gasteiger partial charge in [0.15, 0.2) is 0 Å². The van der Waals surface area contributed by atoms with E-state index >= 15 is 0 Å². The summed E-state index contributed by atoms with van der Waals surface area (Å²) >= 11 is 3.16. The zero-order valence-electron chi connectivity index (χ0n) is 11.2. The van der Waals surface area contributed by atoms with Gasteiger partial charge < -0.3 is 10.6 Å². The van der Waals surface area contributed by atoms with Crippen molar-refractivity contribution in [3.8, 4) is 10.6 Å². The Hall–Kier alpha value is -0.660. The second-order valence-corrected chi connectivity index (χ2v) is 6.20. The fourth-order valence-corrected chi connectivity index (χ4v) is 3.64. The summed E-state index contributed by atoms with van der Waals surface area (Å²) in [7, 11) is 0. The first-order valence-corrected chi connectivity index (χ1v) is 8.15. The molecule has 0 saturated carbocycles. The number of carbonyl (C=O) groups excluding carboxylic acids is 1. The van der Waals surface area contributed by atoms with Crippen LogP contribution in [0.3, 0.4) is 0 Å². The third kappa shape index (κ3) is 4.66. The molecule has 0 aliphatic carbocycles. The molecule has 1 atom stereocenters. The van der Waals surface area contributed by atoms with Crippen LogP contribution in [0, 0.1) is 0 Å². The lowest BCUT2D eigenvalue weighted by atomic mass is 10.1. The lowest BCUT2D eigenvalue weighted by Crippen LogP contribution is -2.45. The average Bonchev–Trinajstić information content (AvgIpc) is 3.11. The zero-order chi connectivity index (χ0) is 13.1. The zero-order valence-corrected chi connectivity index (χ0v) is 14.5. The van der Waals surface area contributed by atoms with Gasteiger partial charge in [-0.1, -0.05) is 0 Å². The van der Waals surface area contributed by atoms with E-state index in [-0.39, 0.29) is 36.8 Å². The molecule has 1 saturated heterocycles. The van der Waals surface area contributed by atoms with Gasteiger partial charge >= 0.3 is 0 Å². The Bertz CT molecular complexity index is 554. The first-order valence-electron chi connectivity index (χ1n) is 6.32. The van der Waals surface area contributed by atoms with E-state index in [2.05, 4.69) is 15.6 Å². The molecule has 4 nitrogen and oxygen atoms in total. The van der Waals surface area contributed by atoms with Crippen LogP contribution in [0.1, 0.15) is 23.3 Å². The molecule has 1 unspecified atom stereocenters. The first-order chi connectivity index (χ1) is 9.33. The minimum atomic E-state index is -0.0635. The standard InChI is InChI=1S/C13H15N3OS2.2ClH/c17-12(15-10-2-1-4-14-6-10)11-8-19-13(16-11)9-3-5-18-7-9;;/h3,5,7-8,10,14H,1-2,4,6H2,(H,15,17);2*1H. The molecular weight excluding hydrogens is 349 g/mol. The second-order valence-electron chi connectivity index (χ2n) is 4.57. The topological polar surface area (TPSA) is 54.0 Å². The van der Waals surface area contributed by atoms with E-state index in [9.17, 15) is 4.79 Å². The summed E-state index contributed by atoms with van der Waals surface area (Å²) in [5.41, 5.74) is 1.62. The van der Waals surface area contributed by atoms with Crippen LogP contribution in [0.5, 0.6) is 0 Å². The van der Waals surface area contributed by atoms with Gasteiger partial charge in [-0.25, -0.2) is 4.98 Å². The Labute approximate surface area is 144 Å². The number of thiophene rings is 1. The molecule has 3 heterocycles. The summed E-state index contributed by atoms with van der Waals surface area (Å²) < 4.78 is 0. The van der Waals surface area contributed by atoms with Gasteiger partial charge in [-0.2, -0.15) is 11.3 Å². The van der Waals surface area contributed by atoms with Gasteiger partial charge in [0.1, 0.15) is 10.7 Å². The van der Waals surface area contributed by atoms with Crippen molar-refractivity contribution in [2.75, 3.05) is 13.1 Å². The van der Waals surface area contributed by atoms with E-state index in [1.165, 1.54) is 11.3 Å². The van der Waals surface area contributed by atoms with Crippen LogP contribution in [-0.4, -0.2) is 30.0 Å². The molecule has 2 aromatic heterocycles. The van der Waals surface area contributed by atoms with E-state index in [4.69, 9.17) is 0 Å². The third-order valence-electron chi connectivity index (χ3n) is 3.14. The van der Waals surface area contributed by atoms with Crippen molar-refractivity contribution in [1.82, 2.24) is 15.6 Å². The Balaban J connectivity index is 0.00000110. The van der Waals surface area contributed by atoms with Crippen molar-refractivity contribution in [1.29, 1.82) is 0 Å². The van der Waals surface area contributed by atoms with Crippen LogP contribution < -0.4 is 10.6 Å². The quantitative estimate of drug-likeness (QED) is 0.877. The van der Waals surface area contributed by atoms with Crippen molar-refractivity contribution in [2.24, 2.45) is 0 Å². The molecule has 3 rings (SSSR count). The number of piperidine rings is 1. The number of hydrogen-bond donors (Lipinski definition) is 2. The Kier molecular flexibility index (Phi) is 7.62. The molecular formula is C13H17Cl2N3OS2. The number of halogens is 2. The number of thiazole rings is 1. The van der Waals surface area contributed by atoms with Gasteiger partial charge in [0.2, 0.25) is 0 Å². The predicted octanol–water partition coefficient (Wildman–Crippen LogP) is 3.20. The summed E-state index contributed by atoms with van der Waals surface area (Å²) in [6.45, 7) is 1.90. The van der Waals surface area contributed by atoms with Gasteiger partial charge in [-0.3, -0.25) is 4.79 Å².